The van der Waals surface area contributed by atoms with Crippen molar-refractivity contribution in [2.45, 2.75) is 31.2 Å². The van der Waals surface area contributed by atoms with E-state index in [0.717, 1.165) is 45.4 Å². The number of fused-ring (bicyclic) bond motifs is 1. The molecule has 3 heterocycles. The fraction of sp³-hybridized carbons (Fsp3) is 0.417. The van der Waals surface area contributed by atoms with Crippen molar-refractivity contribution in [1.29, 1.82) is 0 Å². The van der Waals surface area contributed by atoms with Gasteiger partial charge in [-0.2, -0.15) is 0 Å². The predicted molar refractivity (Wildman–Crippen MR) is 124 cm³/mol. The Bertz CT molecular complexity index is 1290. The van der Waals surface area contributed by atoms with Crippen molar-refractivity contribution >= 4 is 22.5 Å². The molecule has 2 aliphatic rings. The molecule has 1 saturated carbocycles. The minimum absolute atomic E-state index is 0.153. The van der Waals surface area contributed by atoms with E-state index in [1.165, 1.54) is 25.2 Å². The van der Waals surface area contributed by atoms with Crippen LogP contribution in [0.3, 0.4) is 0 Å². The lowest BCUT2D eigenvalue weighted by Crippen LogP contribution is -2.49. The van der Waals surface area contributed by atoms with Crippen LogP contribution >= 0.6 is 0 Å². The van der Waals surface area contributed by atoms with Gasteiger partial charge in [-0.05, 0) is 37.5 Å². The predicted octanol–water partition coefficient (Wildman–Crippen LogP) is 2.41. The summed E-state index contributed by atoms with van der Waals surface area (Å²) in [6.45, 7) is 3.13. The van der Waals surface area contributed by atoms with Gasteiger partial charge in [-0.3, -0.25) is 14.5 Å². The van der Waals surface area contributed by atoms with E-state index < -0.39 is 17.5 Å². The highest BCUT2D eigenvalue weighted by atomic mass is 19.1. The number of hydrogen-bond donors (Lipinski definition) is 2. The van der Waals surface area contributed by atoms with E-state index in [9.17, 15) is 18.4 Å². The molecule has 1 aromatic carbocycles. The fourth-order valence-corrected chi connectivity index (χ4v) is 5.09. The van der Waals surface area contributed by atoms with Gasteiger partial charge in [0.1, 0.15) is 11.6 Å². The van der Waals surface area contributed by atoms with Crippen molar-refractivity contribution in [3.8, 4) is 0 Å². The molecule has 34 heavy (non-hydrogen) atoms. The van der Waals surface area contributed by atoms with Crippen LogP contribution in [0.25, 0.3) is 10.9 Å². The Kier molecular flexibility index (Phi) is 5.99. The highest BCUT2D eigenvalue weighted by Gasteiger charge is 2.33. The summed E-state index contributed by atoms with van der Waals surface area (Å²) >= 11 is 0. The number of benzene rings is 1. The number of aromatic nitrogens is 3. The minimum Gasteiger partial charge on any atom is -0.368 e. The average molecular weight is 469 g/mol. The van der Waals surface area contributed by atoms with Crippen molar-refractivity contribution < 1.29 is 13.6 Å². The Morgan fingerprint density at radius 2 is 1.94 bits per heavy atom. The quantitative estimate of drug-likeness (QED) is 0.611. The highest BCUT2D eigenvalue weighted by Crippen LogP contribution is 2.36. The van der Waals surface area contributed by atoms with Gasteiger partial charge >= 0.3 is 0 Å². The van der Waals surface area contributed by atoms with Crippen molar-refractivity contribution in [2.24, 2.45) is 0 Å². The molecule has 10 heteroatoms. The molecule has 178 valence electrons. The molecule has 0 unspecified atom stereocenters. The van der Waals surface area contributed by atoms with E-state index >= 15 is 0 Å². The molecule has 1 aliphatic heterocycles. The molecule has 5 rings (SSSR count). The summed E-state index contributed by atoms with van der Waals surface area (Å²) in [5.74, 6) is -0.797. The molecule has 3 aromatic rings. The maximum atomic E-state index is 14.3. The number of aromatic amines is 1. The lowest BCUT2D eigenvalue weighted by atomic mass is 10.1. The zero-order valence-electron chi connectivity index (χ0n) is 18.9. The Labute approximate surface area is 195 Å². The largest absolute Gasteiger partial charge is 0.368 e. The number of halogens is 2. The van der Waals surface area contributed by atoms with Crippen LogP contribution < -0.4 is 15.8 Å². The number of pyridine rings is 1. The van der Waals surface area contributed by atoms with Gasteiger partial charge in [0.05, 0.1) is 22.8 Å². The molecule has 1 saturated heterocycles. The normalized spacial score (nSPS) is 21.2. The SMILES string of the molecule is CNC(=O)c1ncc(N2CCN([C@H]3CC[C@@H](c4nc5ccc(F)cc5c(=O)[nH]4)C3)CC2)cc1F. The Morgan fingerprint density at radius 3 is 2.68 bits per heavy atom. The Hall–Kier alpha value is -3.40. The van der Waals surface area contributed by atoms with Crippen molar-refractivity contribution in [3.05, 3.63) is 64.0 Å². The first-order chi connectivity index (χ1) is 16.4. The number of carbonyl (C=O) groups excluding carboxylic acids is 1. The van der Waals surface area contributed by atoms with Gasteiger partial charge in [-0.1, -0.05) is 0 Å². The summed E-state index contributed by atoms with van der Waals surface area (Å²) in [4.78, 5) is 40.1. The topological polar surface area (TPSA) is 94.2 Å². The number of carbonyl (C=O) groups is 1. The van der Waals surface area contributed by atoms with Crippen LogP contribution in [0.5, 0.6) is 0 Å². The zero-order chi connectivity index (χ0) is 23.8. The first-order valence-corrected chi connectivity index (χ1v) is 11.5. The third-order valence-corrected chi connectivity index (χ3v) is 6.94. The number of anilines is 1. The Morgan fingerprint density at radius 1 is 1.15 bits per heavy atom. The second kappa shape index (κ2) is 9.09. The monoisotopic (exact) mass is 468 g/mol. The van der Waals surface area contributed by atoms with Crippen LogP contribution in [0.1, 0.15) is 41.5 Å². The molecule has 2 aromatic heterocycles. The fourth-order valence-electron chi connectivity index (χ4n) is 5.09. The Balaban J connectivity index is 1.22. The molecule has 2 fully saturated rings. The van der Waals surface area contributed by atoms with Crippen LogP contribution in [-0.4, -0.2) is 65.0 Å². The van der Waals surface area contributed by atoms with Gasteiger partial charge < -0.3 is 15.2 Å². The molecular formula is C24H26F2N6O2. The molecule has 1 aliphatic carbocycles. The van der Waals surface area contributed by atoms with E-state index in [-0.39, 0.29) is 22.6 Å². The number of nitrogens with zero attached hydrogens (tertiary/aromatic N) is 4. The summed E-state index contributed by atoms with van der Waals surface area (Å²) in [6.07, 6.45) is 4.37. The number of nitrogens with one attached hydrogen (secondary N) is 2. The molecule has 8 nitrogen and oxygen atoms in total. The lowest BCUT2D eigenvalue weighted by molar-refractivity contribution is 0.0953. The zero-order valence-corrected chi connectivity index (χ0v) is 18.9. The van der Waals surface area contributed by atoms with Crippen LogP contribution in [0.15, 0.2) is 35.3 Å². The van der Waals surface area contributed by atoms with E-state index in [1.54, 1.807) is 12.3 Å². The van der Waals surface area contributed by atoms with E-state index in [2.05, 4.69) is 30.1 Å². The smallest absolute Gasteiger partial charge is 0.272 e. The average Bonchev–Trinajstić information content (AvgIpc) is 3.34. The summed E-state index contributed by atoms with van der Waals surface area (Å²) < 4.78 is 27.8. The number of rotatable bonds is 4. The van der Waals surface area contributed by atoms with Crippen molar-refractivity contribution in [3.63, 3.8) is 0 Å². The first kappa shape index (κ1) is 22.4. The second-order valence-corrected chi connectivity index (χ2v) is 8.90. The van der Waals surface area contributed by atoms with Crippen molar-refractivity contribution in [2.75, 3.05) is 38.1 Å². The van der Waals surface area contributed by atoms with E-state index in [1.807, 2.05) is 0 Å². The van der Waals surface area contributed by atoms with Gasteiger partial charge in [0.2, 0.25) is 0 Å². The number of hydrogen-bond acceptors (Lipinski definition) is 6. The maximum absolute atomic E-state index is 14.3. The number of H-pyrrole nitrogens is 1. The van der Waals surface area contributed by atoms with Crippen LogP contribution in [0.2, 0.25) is 0 Å². The standard InChI is InChI=1S/C24H26F2N6O2/c1-27-24(34)21-19(26)12-17(13-28-21)32-8-6-31(7-9-32)16-4-2-14(10-16)22-29-20-5-3-15(25)11-18(20)23(33)30-22/h3,5,11-14,16H,2,4,6-10H2,1H3,(H,27,34)(H,29,30,33)/t14-,16+/m1/s1. The molecule has 0 bridgehead atoms. The van der Waals surface area contributed by atoms with Crippen LogP contribution in [0, 0.1) is 11.6 Å². The molecule has 0 radical (unpaired) electrons. The van der Waals surface area contributed by atoms with Gasteiger partial charge in [0, 0.05) is 51.3 Å². The highest BCUT2D eigenvalue weighted by molar-refractivity contribution is 5.92. The maximum Gasteiger partial charge on any atom is 0.272 e. The summed E-state index contributed by atoms with van der Waals surface area (Å²) in [5.41, 5.74) is 0.677. The van der Waals surface area contributed by atoms with Crippen molar-refractivity contribution in [1.82, 2.24) is 25.2 Å². The van der Waals surface area contributed by atoms with Gasteiger partial charge in [0.25, 0.3) is 11.5 Å². The van der Waals surface area contributed by atoms with Crippen LogP contribution in [0.4, 0.5) is 14.5 Å². The van der Waals surface area contributed by atoms with Crippen LogP contribution in [-0.2, 0) is 0 Å². The summed E-state index contributed by atoms with van der Waals surface area (Å²) in [6, 6.07) is 5.84. The lowest BCUT2D eigenvalue weighted by Gasteiger charge is -2.39. The molecule has 0 spiro atoms. The summed E-state index contributed by atoms with van der Waals surface area (Å²) in [5, 5.41) is 2.65. The van der Waals surface area contributed by atoms with Gasteiger partial charge in [-0.25, -0.2) is 18.7 Å². The number of piperazine rings is 1. The second-order valence-electron chi connectivity index (χ2n) is 8.90. The summed E-state index contributed by atoms with van der Waals surface area (Å²) in [7, 11) is 1.44. The number of amides is 1. The molecular weight excluding hydrogens is 442 g/mol. The molecule has 2 N–H and O–H groups in total. The van der Waals surface area contributed by atoms with Gasteiger partial charge in [0.15, 0.2) is 11.5 Å². The minimum atomic E-state index is -0.627. The van der Waals surface area contributed by atoms with E-state index in [4.69, 9.17) is 0 Å². The van der Waals surface area contributed by atoms with Gasteiger partial charge in [-0.15, -0.1) is 0 Å². The third kappa shape index (κ3) is 4.25. The first-order valence-electron chi connectivity index (χ1n) is 11.5. The van der Waals surface area contributed by atoms with E-state index in [0.29, 0.717) is 23.1 Å². The third-order valence-electron chi connectivity index (χ3n) is 6.94. The molecule has 2 atom stereocenters. The molecule has 1 amide bonds.